The number of fused-ring (bicyclic) bond motifs is 1. The molecular weight excluding hydrogens is 581 g/mol. The number of aromatic nitrogens is 4. The number of rotatable bonds is 5. The van der Waals surface area contributed by atoms with E-state index in [-0.39, 0.29) is 18.2 Å². The van der Waals surface area contributed by atoms with E-state index >= 15 is 0 Å². The van der Waals surface area contributed by atoms with Crippen molar-refractivity contribution >= 4 is 57.8 Å². The van der Waals surface area contributed by atoms with E-state index in [1.807, 2.05) is 21.6 Å². The second-order valence-electron chi connectivity index (χ2n) is 10.7. The number of hydrogen-bond acceptors (Lipinski definition) is 7. The van der Waals surface area contributed by atoms with Crippen LogP contribution in [-0.4, -0.2) is 67.6 Å². The normalized spacial score (nSPS) is 18.1. The third-order valence-electron chi connectivity index (χ3n) is 8.22. The van der Waals surface area contributed by atoms with Crippen LogP contribution in [0.2, 0.25) is 10.0 Å². The molecule has 1 unspecified atom stereocenters. The number of imidazole rings is 1. The number of benzene rings is 2. The van der Waals surface area contributed by atoms with E-state index in [0.29, 0.717) is 71.1 Å². The first kappa shape index (κ1) is 28.2. The van der Waals surface area contributed by atoms with Gasteiger partial charge in [0.25, 0.3) is 11.5 Å². The smallest absolute Gasteiger partial charge is 0.332 e. The molecule has 0 N–H and O–H groups in total. The summed E-state index contributed by atoms with van der Waals surface area (Å²) in [5.41, 5.74) is 1.87. The van der Waals surface area contributed by atoms with Gasteiger partial charge in [0.1, 0.15) is 0 Å². The van der Waals surface area contributed by atoms with E-state index in [9.17, 15) is 19.2 Å². The number of anilines is 2. The molecular formula is C29H29Cl2N7O4. The molecule has 1 atom stereocenters. The fraction of sp³-hybridized carbons (Fsp3) is 0.345. The van der Waals surface area contributed by atoms with Crippen LogP contribution >= 0.6 is 23.2 Å². The summed E-state index contributed by atoms with van der Waals surface area (Å²) < 4.78 is 4.30. The van der Waals surface area contributed by atoms with Crippen LogP contribution in [0.5, 0.6) is 0 Å². The molecule has 2 saturated heterocycles. The third kappa shape index (κ3) is 4.61. The lowest BCUT2D eigenvalue weighted by Crippen LogP contribution is -2.53. The number of halogens is 2. The average molecular weight is 611 g/mol. The van der Waals surface area contributed by atoms with Crippen LogP contribution in [0.1, 0.15) is 17.5 Å². The summed E-state index contributed by atoms with van der Waals surface area (Å²) in [6.45, 7) is 4.17. The largest absolute Gasteiger partial charge is 0.340 e. The molecule has 4 aromatic rings. The van der Waals surface area contributed by atoms with Gasteiger partial charge in [0.15, 0.2) is 11.2 Å². The zero-order chi connectivity index (χ0) is 29.9. The Bertz CT molecular complexity index is 1850. The lowest BCUT2D eigenvalue weighted by molar-refractivity contribution is -0.123. The van der Waals surface area contributed by atoms with Gasteiger partial charge in [-0.1, -0.05) is 41.4 Å². The lowest BCUT2D eigenvalue weighted by atomic mass is 10.1. The Morgan fingerprint density at radius 3 is 2.29 bits per heavy atom. The Morgan fingerprint density at radius 2 is 1.60 bits per heavy atom. The maximum Gasteiger partial charge on any atom is 0.332 e. The molecule has 0 aliphatic carbocycles. The summed E-state index contributed by atoms with van der Waals surface area (Å²) in [6.07, 6.45) is 0.0953. The molecule has 6 rings (SSSR count). The highest BCUT2D eigenvalue weighted by Crippen LogP contribution is 2.32. The zero-order valence-corrected chi connectivity index (χ0v) is 24.9. The highest BCUT2D eigenvalue weighted by Gasteiger charge is 2.44. The number of nitrogens with zero attached hydrogens (tertiary/aromatic N) is 7. The summed E-state index contributed by atoms with van der Waals surface area (Å²) >= 11 is 12.4. The van der Waals surface area contributed by atoms with E-state index in [1.54, 1.807) is 44.3 Å². The summed E-state index contributed by atoms with van der Waals surface area (Å²) in [7, 11) is 3.05. The summed E-state index contributed by atoms with van der Waals surface area (Å²) in [5.74, 6) is 0.0505. The first-order chi connectivity index (χ1) is 20.1. The van der Waals surface area contributed by atoms with E-state index in [1.165, 1.54) is 16.5 Å². The molecule has 11 nitrogen and oxygen atoms in total. The summed E-state index contributed by atoms with van der Waals surface area (Å²) in [4.78, 5) is 62.6. The van der Waals surface area contributed by atoms with Gasteiger partial charge >= 0.3 is 5.69 Å². The standard InChI is InChI=1S/C29H29Cl2N7O4/c1-17-20(31)5-4-6-21(17)38-23(39)15-22(26(38)40)35-11-13-36(14-12-35)28-32-25-24(27(41)34(3)29(42)33(25)2)37(28)16-18-7-9-19(30)10-8-18/h4-10,22H,11-16H2,1-3H3. The second-order valence-corrected chi connectivity index (χ2v) is 11.5. The van der Waals surface area contributed by atoms with Crippen molar-refractivity contribution in [2.45, 2.75) is 25.9 Å². The van der Waals surface area contributed by atoms with Crippen LogP contribution < -0.4 is 21.0 Å². The van der Waals surface area contributed by atoms with Gasteiger partial charge in [0.05, 0.1) is 24.7 Å². The molecule has 2 fully saturated rings. The van der Waals surface area contributed by atoms with Crippen LogP contribution in [0.15, 0.2) is 52.1 Å². The molecule has 2 aliphatic rings. The van der Waals surface area contributed by atoms with Gasteiger partial charge in [-0.05, 0) is 42.3 Å². The number of carbonyl (C=O) groups is 2. The summed E-state index contributed by atoms with van der Waals surface area (Å²) in [6, 6.07) is 12.0. The first-order valence-corrected chi connectivity index (χ1v) is 14.3. The van der Waals surface area contributed by atoms with Gasteiger partial charge in [-0.2, -0.15) is 4.98 Å². The molecule has 13 heteroatoms. The maximum absolute atomic E-state index is 13.5. The predicted octanol–water partition coefficient (Wildman–Crippen LogP) is 2.55. The van der Waals surface area contributed by atoms with E-state index in [2.05, 4.69) is 4.90 Å². The van der Waals surface area contributed by atoms with Gasteiger partial charge < -0.3 is 4.90 Å². The minimum atomic E-state index is -0.570. The van der Waals surface area contributed by atoms with Crippen LogP contribution in [0, 0.1) is 6.92 Å². The number of amides is 2. The van der Waals surface area contributed by atoms with Gasteiger partial charge in [-0.25, -0.2) is 9.69 Å². The van der Waals surface area contributed by atoms with Crippen molar-refractivity contribution < 1.29 is 9.59 Å². The fourth-order valence-corrected chi connectivity index (χ4v) is 6.12. The third-order valence-corrected chi connectivity index (χ3v) is 8.88. The molecule has 0 saturated carbocycles. The lowest BCUT2D eigenvalue weighted by Gasteiger charge is -2.37. The predicted molar refractivity (Wildman–Crippen MR) is 162 cm³/mol. The molecule has 2 amide bonds. The molecule has 4 heterocycles. The van der Waals surface area contributed by atoms with Crippen LogP contribution in [0.4, 0.5) is 11.6 Å². The van der Waals surface area contributed by atoms with Crippen molar-refractivity contribution in [3.05, 3.63) is 84.5 Å². The van der Waals surface area contributed by atoms with Crippen LogP contribution in [0.3, 0.4) is 0 Å². The van der Waals surface area contributed by atoms with Crippen molar-refractivity contribution in [1.82, 2.24) is 23.6 Å². The number of imide groups is 1. The van der Waals surface area contributed by atoms with Gasteiger partial charge in [-0.3, -0.25) is 33.0 Å². The fourth-order valence-electron chi connectivity index (χ4n) is 5.82. The van der Waals surface area contributed by atoms with Gasteiger partial charge in [0, 0.05) is 50.3 Å². The number of piperazine rings is 1. The zero-order valence-electron chi connectivity index (χ0n) is 23.4. The Kier molecular flexibility index (Phi) is 7.20. The second kappa shape index (κ2) is 10.7. The SMILES string of the molecule is Cc1c(Cl)cccc1N1C(=O)CC(N2CCN(c3nc4c(c(=O)n(C)c(=O)n4C)n3Cc3ccc(Cl)cc3)CC2)C1=O. The Morgan fingerprint density at radius 1 is 0.905 bits per heavy atom. The minimum absolute atomic E-state index is 0.0953. The molecule has 0 spiro atoms. The van der Waals surface area contributed by atoms with Crippen molar-refractivity contribution in [3.8, 4) is 0 Å². The Hall–Kier alpha value is -3.93. The maximum atomic E-state index is 13.5. The molecule has 2 aromatic carbocycles. The minimum Gasteiger partial charge on any atom is -0.340 e. The van der Waals surface area contributed by atoms with Gasteiger partial charge in [0.2, 0.25) is 11.9 Å². The van der Waals surface area contributed by atoms with E-state index < -0.39 is 17.3 Å². The molecule has 0 radical (unpaired) electrons. The molecule has 0 bridgehead atoms. The number of hydrogen-bond donors (Lipinski definition) is 0. The van der Waals surface area contributed by atoms with E-state index in [0.717, 1.165) is 10.1 Å². The first-order valence-electron chi connectivity index (χ1n) is 13.6. The van der Waals surface area contributed by atoms with Crippen LogP contribution in [0.25, 0.3) is 11.2 Å². The molecule has 218 valence electrons. The molecule has 42 heavy (non-hydrogen) atoms. The highest BCUT2D eigenvalue weighted by molar-refractivity contribution is 6.32. The van der Waals surface area contributed by atoms with E-state index in [4.69, 9.17) is 28.2 Å². The van der Waals surface area contributed by atoms with Gasteiger partial charge in [-0.15, -0.1) is 0 Å². The van der Waals surface area contributed by atoms with Crippen molar-refractivity contribution in [3.63, 3.8) is 0 Å². The monoisotopic (exact) mass is 609 g/mol. The number of carbonyl (C=O) groups excluding carboxylic acids is 2. The highest BCUT2D eigenvalue weighted by atomic mass is 35.5. The van der Waals surface area contributed by atoms with Crippen molar-refractivity contribution in [1.29, 1.82) is 0 Å². The quantitative estimate of drug-likeness (QED) is 0.320. The molecule has 2 aromatic heterocycles. The van der Waals surface area contributed by atoms with Crippen molar-refractivity contribution in [2.24, 2.45) is 14.1 Å². The summed E-state index contributed by atoms with van der Waals surface area (Å²) in [5, 5.41) is 1.10. The average Bonchev–Trinajstić information content (AvgIpc) is 3.50. The molecule has 2 aliphatic heterocycles. The Labute approximate surface area is 251 Å². The Balaban J connectivity index is 1.29. The topological polar surface area (TPSA) is 106 Å². The van der Waals surface area contributed by atoms with Crippen molar-refractivity contribution in [2.75, 3.05) is 36.0 Å². The van der Waals surface area contributed by atoms with Crippen LogP contribution in [-0.2, 0) is 30.2 Å². The number of aryl methyl sites for hydroxylation is 1.